The van der Waals surface area contributed by atoms with Crippen LogP contribution in [0.5, 0.6) is 11.5 Å². The highest BCUT2D eigenvalue weighted by molar-refractivity contribution is 14.0. The molecule has 2 N–H and O–H groups in total. The van der Waals surface area contributed by atoms with Crippen molar-refractivity contribution >= 4 is 29.9 Å². The van der Waals surface area contributed by atoms with Crippen LogP contribution in [0.1, 0.15) is 25.6 Å². The van der Waals surface area contributed by atoms with Crippen molar-refractivity contribution in [2.75, 3.05) is 26.7 Å². The quantitative estimate of drug-likeness (QED) is 0.318. The van der Waals surface area contributed by atoms with Gasteiger partial charge in [0.2, 0.25) is 5.89 Å². The second-order valence-electron chi connectivity index (χ2n) is 5.74. The summed E-state index contributed by atoms with van der Waals surface area (Å²) in [6.07, 6.45) is 0.567. The summed E-state index contributed by atoms with van der Waals surface area (Å²) in [7, 11) is 1.64. The van der Waals surface area contributed by atoms with Crippen LogP contribution < -0.4 is 20.1 Å². The summed E-state index contributed by atoms with van der Waals surface area (Å²) in [6, 6.07) is 7.54. The van der Waals surface area contributed by atoms with E-state index in [1.807, 2.05) is 38.1 Å². The number of aliphatic imine (C=N–C) groups is 1. The monoisotopic (exact) mass is 489 g/mol. The van der Waals surface area contributed by atoms with Crippen LogP contribution in [-0.4, -0.2) is 48.9 Å². The average molecular weight is 489 g/mol. The zero-order valence-electron chi connectivity index (χ0n) is 16.2. The summed E-state index contributed by atoms with van der Waals surface area (Å²) in [6.45, 7) is 7.75. The molecular weight excluding hydrogens is 461 g/mol. The summed E-state index contributed by atoms with van der Waals surface area (Å²) in [5.74, 6) is 3.51. The second kappa shape index (κ2) is 12.4. The smallest absolute Gasteiger partial charge is 0.228 e. The van der Waals surface area contributed by atoms with Gasteiger partial charge in [0.15, 0.2) is 11.8 Å². The fraction of sp³-hybridized carbons (Fsp3) is 0.500. The van der Waals surface area contributed by atoms with Crippen molar-refractivity contribution in [3.63, 3.8) is 0 Å². The highest BCUT2D eigenvalue weighted by atomic mass is 127. The van der Waals surface area contributed by atoms with Crippen LogP contribution in [0.25, 0.3) is 0 Å². The van der Waals surface area contributed by atoms with Gasteiger partial charge in [0.25, 0.3) is 0 Å². The average Bonchev–Trinajstić information content (AvgIpc) is 3.05. The molecule has 2 rings (SSSR count). The lowest BCUT2D eigenvalue weighted by Gasteiger charge is -2.15. The van der Waals surface area contributed by atoms with Gasteiger partial charge in [0.1, 0.15) is 17.6 Å². The Bertz CT molecular complexity index is 708. The third-order valence-electron chi connectivity index (χ3n) is 3.43. The zero-order chi connectivity index (χ0) is 18.8. The number of benzene rings is 1. The van der Waals surface area contributed by atoms with Crippen molar-refractivity contribution in [3.05, 3.63) is 36.0 Å². The van der Waals surface area contributed by atoms with E-state index in [9.17, 15) is 0 Å². The molecule has 0 aliphatic heterocycles. The van der Waals surface area contributed by atoms with Crippen LogP contribution in [0, 0.1) is 6.92 Å². The molecule has 0 aliphatic carbocycles. The third kappa shape index (κ3) is 8.46. The van der Waals surface area contributed by atoms with Gasteiger partial charge in [0, 0.05) is 25.6 Å². The van der Waals surface area contributed by atoms with Crippen LogP contribution >= 0.6 is 24.0 Å². The third-order valence-corrected chi connectivity index (χ3v) is 3.43. The van der Waals surface area contributed by atoms with Gasteiger partial charge in [-0.1, -0.05) is 11.2 Å². The molecular formula is C18H28IN5O3. The molecule has 9 heteroatoms. The molecule has 1 aromatic carbocycles. The van der Waals surface area contributed by atoms with E-state index in [4.69, 9.17) is 14.0 Å². The van der Waals surface area contributed by atoms with Gasteiger partial charge >= 0.3 is 0 Å². The number of methoxy groups -OCH3 is 1. The summed E-state index contributed by atoms with van der Waals surface area (Å²) in [4.78, 5) is 8.74. The van der Waals surface area contributed by atoms with Crippen molar-refractivity contribution in [2.45, 2.75) is 33.3 Å². The van der Waals surface area contributed by atoms with Gasteiger partial charge in [0.05, 0.1) is 13.7 Å². The Morgan fingerprint density at radius 2 is 2.07 bits per heavy atom. The molecule has 1 unspecified atom stereocenters. The molecule has 0 amide bonds. The molecule has 0 bridgehead atoms. The predicted octanol–water partition coefficient (Wildman–Crippen LogP) is 2.57. The molecule has 2 aromatic rings. The first-order valence-electron chi connectivity index (χ1n) is 8.72. The van der Waals surface area contributed by atoms with Crippen LogP contribution in [0.3, 0.4) is 0 Å². The van der Waals surface area contributed by atoms with E-state index in [1.165, 1.54) is 0 Å². The molecule has 8 nitrogen and oxygen atoms in total. The zero-order valence-corrected chi connectivity index (χ0v) is 18.5. The number of aryl methyl sites for hydroxylation is 1. The van der Waals surface area contributed by atoms with E-state index >= 15 is 0 Å². The van der Waals surface area contributed by atoms with Gasteiger partial charge in [-0.05, 0) is 32.9 Å². The van der Waals surface area contributed by atoms with Gasteiger partial charge in [-0.15, -0.1) is 24.0 Å². The van der Waals surface area contributed by atoms with Gasteiger partial charge < -0.3 is 24.6 Å². The van der Waals surface area contributed by atoms with Crippen molar-refractivity contribution in [3.8, 4) is 11.5 Å². The normalized spacial score (nSPS) is 12.1. The number of rotatable bonds is 9. The largest absolute Gasteiger partial charge is 0.497 e. The van der Waals surface area contributed by atoms with E-state index in [0.717, 1.165) is 24.0 Å². The van der Waals surface area contributed by atoms with Crippen molar-refractivity contribution in [1.82, 2.24) is 20.8 Å². The van der Waals surface area contributed by atoms with Crippen LogP contribution in [0.15, 0.2) is 33.8 Å². The first-order valence-corrected chi connectivity index (χ1v) is 8.72. The second-order valence-corrected chi connectivity index (χ2v) is 5.74. The Morgan fingerprint density at radius 3 is 2.74 bits per heavy atom. The Labute approximate surface area is 177 Å². The molecule has 150 valence electrons. The SMILES string of the molecule is CCNC(=NCC(C)Oc1cccc(OC)c1)NCCc1nc(C)no1.I. The molecule has 0 saturated carbocycles. The molecule has 27 heavy (non-hydrogen) atoms. The predicted molar refractivity (Wildman–Crippen MR) is 115 cm³/mol. The Morgan fingerprint density at radius 1 is 1.30 bits per heavy atom. The molecule has 0 radical (unpaired) electrons. The Kier molecular flexibility index (Phi) is 10.5. The number of nitrogens with one attached hydrogen (secondary N) is 2. The Balaban J connectivity index is 0.00000364. The lowest BCUT2D eigenvalue weighted by atomic mass is 10.3. The number of halogens is 1. The number of hydrogen-bond acceptors (Lipinski definition) is 6. The van der Waals surface area contributed by atoms with Crippen molar-refractivity contribution in [1.29, 1.82) is 0 Å². The molecule has 0 aliphatic rings. The number of hydrogen-bond donors (Lipinski definition) is 2. The van der Waals surface area contributed by atoms with Crippen LogP contribution in [0.4, 0.5) is 0 Å². The van der Waals surface area contributed by atoms with E-state index in [2.05, 4.69) is 25.8 Å². The number of nitrogens with zero attached hydrogens (tertiary/aromatic N) is 3. The highest BCUT2D eigenvalue weighted by Gasteiger charge is 2.07. The Hall–Kier alpha value is -2.04. The topological polar surface area (TPSA) is 93.8 Å². The highest BCUT2D eigenvalue weighted by Crippen LogP contribution is 2.19. The molecule has 0 saturated heterocycles. The lowest BCUT2D eigenvalue weighted by Crippen LogP contribution is -2.39. The van der Waals surface area contributed by atoms with E-state index in [1.54, 1.807) is 14.0 Å². The maximum absolute atomic E-state index is 5.89. The molecule has 0 spiro atoms. The molecule has 1 heterocycles. The minimum absolute atomic E-state index is 0. The maximum atomic E-state index is 5.89. The lowest BCUT2D eigenvalue weighted by molar-refractivity contribution is 0.229. The number of guanidine groups is 1. The van der Waals surface area contributed by atoms with Crippen LogP contribution in [-0.2, 0) is 6.42 Å². The number of aromatic nitrogens is 2. The first-order chi connectivity index (χ1) is 12.6. The summed E-state index contributed by atoms with van der Waals surface area (Å²) in [5.41, 5.74) is 0. The van der Waals surface area contributed by atoms with E-state index in [-0.39, 0.29) is 30.1 Å². The minimum atomic E-state index is -0.0730. The minimum Gasteiger partial charge on any atom is -0.497 e. The van der Waals surface area contributed by atoms with Crippen LogP contribution in [0.2, 0.25) is 0 Å². The van der Waals surface area contributed by atoms with E-state index < -0.39 is 0 Å². The molecule has 1 atom stereocenters. The van der Waals surface area contributed by atoms with Gasteiger partial charge in [-0.3, -0.25) is 0 Å². The summed E-state index contributed by atoms with van der Waals surface area (Å²) >= 11 is 0. The summed E-state index contributed by atoms with van der Waals surface area (Å²) in [5, 5.41) is 10.2. The molecule has 0 fully saturated rings. The van der Waals surface area contributed by atoms with Gasteiger partial charge in [-0.25, -0.2) is 4.99 Å². The van der Waals surface area contributed by atoms with Crippen molar-refractivity contribution in [2.24, 2.45) is 4.99 Å². The number of ether oxygens (including phenoxy) is 2. The standard InChI is InChI=1S/C18H27N5O3.HI/c1-5-19-18(20-10-9-17-22-14(3)23-26-17)21-12-13(2)25-16-8-6-7-15(11-16)24-4;/h6-8,11,13H,5,9-10,12H2,1-4H3,(H2,19,20,21);1H. The fourth-order valence-corrected chi connectivity index (χ4v) is 2.24. The molecule has 1 aromatic heterocycles. The summed E-state index contributed by atoms with van der Waals surface area (Å²) < 4.78 is 16.2. The van der Waals surface area contributed by atoms with Gasteiger partial charge in [-0.2, -0.15) is 4.98 Å². The maximum Gasteiger partial charge on any atom is 0.228 e. The van der Waals surface area contributed by atoms with E-state index in [0.29, 0.717) is 31.2 Å². The fourth-order valence-electron chi connectivity index (χ4n) is 2.24. The first kappa shape index (κ1) is 23.0. The van der Waals surface area contributed by atoms with Crippen molar-refractivity contribution < 1.29 is 14.0 Å².